The maximum Gasteiger partial charge on any atom is 0.251 e. The molecule has 2 aromatic heterocycles. The van der Waals surface area contributed by atoms with E-state index in [-0.39, 0.29) is 30.2 Å². The predicted molar refractivity (Wildman–Crippen MR) is 139 cm³/mol. The van der Waals surface area contributed by atoms with Crippen LogP contribution in [0.2, 0.25) is 10.0 Å². The van der Waals surface area contributed by atoms with Gasteiger partial charge in [0.25, 0.3) is 6.43 Å². The number of halogens is 4. The first-order chi connectivity index (χ1) is 17.8. The van der Waals surface area contributed by atoms with Crippen molar-refractivity contribution in [3.63, 3.8) is 0 Å². The molecule has 1 aliphatic carbocycles. The summed E-state index contributed by atoms with van der Waals surface area (Å²) in [4.78, 5) is 12.9. The number of hydrogen-bond acceptors (Lipinski definition) is 7. The maximum atomic E-state index is 12.6. The normalized spacial score (nSPS) is 29.7. The maximum absolute atomic E-state index is 12.6. The lowest BCUT2D eigenvalue weighted by Crippen LogP contribution is -2.72. The van der Waals surface area contributed by atoms with Crippen LogP contribution in [0.3, 0.4) is 0 Å². The van der Waals surface area contributed by atoms with Crippen LogP contribution in [0, 0.1) is 11.3 Å². The number of ether oxygens (including phenoxy) is 1. The lowest BCUT2D eigenvalue weighted by molar-refractivity contribution is -0.0514. The van der Waals surface area contributed by atoms with E-state index in [0.717, 1.165) is 62.4 Å². The third-order valence-electron chi connectivity index (χ3n) is 8.42. The van der Waals surface area contributed by atoms with Crippen LogP contribution in [0.15, 0.2) is 30.7 Å². The first-order valence-corrected chi connectivity index (χ1v) is 13.7. The van der Waals surface area contributed by atoms with Gasteiger partial charge in [-0.2, -0.15) is 0 Å². The minimum absolute atomic E-state index is 0.109. The summed E-state index contributed by atoms with van der Waals surface area (Å²) >= 11 is 12.7. The smallest absolute Gasteiger partial charge is 0.251 e. The molecule has 3 saturated heterocycles. The summed E-state index contributed by atoms with van der Waals surface area (Å²) in [6, 6.07) is 4.78. The molecule has 37 heavy (non-hydrogen) atoms. The molecule has 4 fully saturated rings. The van der Waals surface area contributed by atoms with Crippen molar-refractivity contribution in [1.82, 2.24) is 25.7 Å². The van der Waals surface area contributed by atoms with E-state index in [4.69, 9.17) is 32.9 Å². The van der Waals surface area contributed by atoms with Crippen molar-refractivity contribution in [2.24, 2.45) is 11.3 Å². The molecular weight excluding hydrogens is 521 g/mol. The van der Waals surface area contributed by atoms with Crippen LogP contribution >= 0.6 is 23.2 Å². The van der Waals surface area contributed by atoms with E-state index in [1.807, 2.05) is 18.0 Å². The van der Waals surface area contributed by atoms with Gasteiger partial charge in [0.1, 0.15) is 5.82 Å². The minimum atomic E-state index is -2.26. The second-order valence-corrected chi connectivity index (χ2v) is 11.9. The second kappa shape index (κ2) is 10.2. The van der Waals surface area contributed by atoms with E-state index in [2.05, 4.69) is 32.9 Å². The van der Waals surface area contributed by atoms with Gasteiger partial charge in [-0.25, -0.2) is 19.2 Å². The van der Waals surface area contributed by atoms with Crippen molar-refractivity contribution < 1.29 is 13.5 Å². The topological polar surface area (TPSA) is 65.6 Å². The molecular formula is C26H32Cl2F2N6O. The Kier molecular flexibility index (Phi) is 7.05. The highest BCUT2D eigenvalue weighted by Crippen LogP contribution is 2.43. The van der Waals surface area contributed by atoms with E-state index in [0.29, 0.717) is 22.0 Å². The summed E-state index contributed by atoms with van der Waals surface area (Å²) in [7, 11) is 0. The highest BCUT2D eigenvalue weighted by molar-refractivity contribution is 6.35. The fraction of sp³-hybridized carbons (Fsp3) is 0.615. The van der Waals surface area contributed by atoms with Crippen LogP contribution in [0.4, 0.5) is 14.6 Å². The number of likely N-dealkylation sites (tertiary alicyclic amines) is 1. The second-order valence-electron chi connectivity index (χ2n) is 11.1. The van der Waals surface area contributed by atoms with Crippen LogP contribution in [-0.4, -0.2) is 66.2 Å². The van der Waals surface area contributed by atoms with Gasteiger partial charge in [0, 0.05) is 61.8 Å². The van der Waals surface area contributed by atoms with Crippen molar-refractivity contribution in [3.05, 3.63) is 51.9 Å². The lowest BCUT2D eigenvalue weighted by atomic mass is 9.73. The van der Waals surface area contributed by atoms with E-state index in [1.165, 1.54) is 0 Å². The summed E-state index contributed by atoms with van der Waals surface area (Å²) < 4.78 is 31.6. The minimum Gasteiger partial charge on any atom is -0.370 e. The summed E-state index contributed by atoms with van der Waals surface area (Å²) in [6.45, 7) is 5.16. The summed E-state index contributed by atoms with van der Waals surface area (Å²) in [6.07, 6.45) is 5.72. The monoisotopic (exact) mass is 552 g/mol. The van der Waals surface area contributed by atoms with E-state index in [9.17, 15) is 8.78 Å². The van der Waals surface area contributed by atoms with Crippen LogP contribution in [0.5, 0.6) is 0 Å². The van der Waals surface area contributed by atoms with E-state index in [1.54, 1.807) is 12.4 Å². The van der Waals surface area contributed by atoms with Crippen molar-refractivity contribution >= 4 is 29.0 Å². The Morgan fingerprint density at radius 3 is 2.51 bits per heavy atom. The van der Waals surface area contributed by atoms with Gasteiger partial charge < -0.3 is 9.64 Å². The van der Waals surface area contributed by atoms with E-state index >= 15 is 0 Å². The van der Waals surface area contributed by atoms with Crippen LogP contribution < -0.4 is 15.8 Å². The molecule has 6 rings (SSSR count). The van der Waals surface area contributed by atoms with E-state index < -0.39 is 6.43 Å². The van der Waals surface area contributed by atoms with Gasteiger partial charge in [0.15, 0.2) is 0 Å². The fourth-order valence-corrected chi connectivity index (χ4v) is 7.43. The molecule has 11 heteroatoms. The Bertz CT molecular complexity index is 1090. The molecule has 0 bridgehead atoms. The van der Waals surface area contributed by atoms with Crippen molar-refractivity contribution in [1.29, 1.82) is 0 Å². The largest absolute Gasteiger partial charge is 0.370 e. The van der Waals surface area contributed by atoms with Gasteiger partial charge in [-0.3, -0.25) is 15.3 Å². The highest BCUT2D eigenvalue weighted by atomic mass is 35.5. The number of fused-ring (bicyclic) bond motifs is 1. The molecule has 4 aliphatic rings. The SMILES string of the molecule is C[C@@H](OC1CCC2NNC(c3ccc(N4CC5(CN(CC(F)F)C5)C4)nc3)C2C1)c1c(Cl)cncc1Cl. The fourth-order valence-electron chi connectivity index (χ4n) is 6.76. The van der Waals surface area contributed by atoms with Crippen LogP contribution in [0.25, 0.3) is 0 Å². The number of pyridine rings is 2. The van der Waals surface area contributed by atoms with Crippen LogP contribution in [0.1, 0.15) is 49.5 Å². The van der Waals surface area contributed by atoms with Crippen LogP contribution in [-0.2, 0) is 4.74 Å². The Labute approximate surface area is 225 Å². The Morgan fingerprint density at radius 2 is 1.84 bits per heavy atom. The third kappa shape index (κ3) is 5.06. The third-order valence-corrected chi connectivity index (χ3v) is 9.02. The van der Waals surface area contributed by atoms with Crippen molar-refractivity contribution in [2.45, 2.75) is 56.9 Å². The zero-order chi connectivity index (χ0) is 25.7. The Hall–Kier alpha value is -1.62. The molecule has 5 atom stereocenters. The number of alkyl halides is 2. The molecule has 5 heterocycles. The van der Waals surface area contributed by atoms with Crippen molar-refractivity contribution in [3.8, 4) is 0 Å². The van der Waals surface area contributed by atoms with Gasteiger partial charge in [-0.15, -0.1) is 0 Å². The first kappa shape index (κ1) is 25.6. The quantitative estimate of drug-likeness (QED) is 0.518. The summed E-state index contributed by atoms with van der Waals surface area (Å²) in [5, 5.41) is 1.05. The van der Waals surface area contributed by atoms with Gasteiger partial charge in [-0.1, -0.05) is 29.3 Å². The Balaban J connectivity index is 1.05. The molecule has 0 radical (unpaired) electrons. The number of aromatic nitrogens is 2. The number of hydrazine groups is 1. The number of nitrogens with one attached hydrogen (secondary N) is 2. The Morgan fingerprint density at radius 1 is 1.08 bits per heavy atom. The van der Waals surface area contributed by atoms with Gasteiger partial charge >= 0.3 is 0 Å². The zero-order valence-corrected chi connectivity index (χ0v) is 22.2. The molecule has 0 amide bonds. The number of nitrogens with zero attached hydrogens (tertiary/aromatic N) is 4. The summed E-state index contributed by atoms with van der Waals surface area (Å²) in [5.41, 5.74) is 9.08. The predicted octanol–water partition coefficient (Wildman–Crippen LogP) is 4.63. The average Bonchev–Trinajstić information content (AvgIpc) is 3.23. The number of anilines is 1. The molecule has 0 aromatic carbocycles. The molecule has 1 spiro atoms. The molecule has 7 nitrogen and oxygen atoms in total. The zero-order valence-electron chi connectivity index (χ0n) is 20.7. The van der Waals surface area contributed by atoms with Gasteiger partial charge in [0.05, 0.1) is 34.8 Å². The molecule has 2 aromatic rings. The van der Waals surface area contributed by atoms with Gasteiger partial charge in [0.2, 0.25) is 0 Å². The number of hydrogen-bond donors (Lipinski definition) is 2. The standard InChI is InChI=1S/C26H32Cl2F2N6O/c1-15(24-19(27)8-31-9-20(24)28)37-17-3-4-21-18(6-17)25(34-33-21)16-2-5-23(32-7-16)36-13-26(14-36)11-35(12-26)10-22(29)30/h2,5,7-9,15,17-18,21-22,25,33-34H,3-4,6,10-14H2,1H3/t15-,17?,18?,21?,25?/m1/s1. The molecule has 4 unspecified atom stereocenters. The molecule has 1 saturated carbocycles. The molecule has 2 N–H and O–H groups in total. The number of rotatable bonds is 7. The molecule has 200 valence electrons. The van der Waals surface area contributed by atoms with Gasteiger partial charge in [-0.05, 0) is 43.7 Å². The lowest BCUT2D eigenvalue weighted by Gasteiger charge is -2.60. The first-order valence-electron chi connectivity index (χ1n) is 13.0. The highest BCUT2D eigenvalue weighted by Gasteiger charge is 2.52. The average molecular weight is 553 g/mol. The summed E-state index contributed by atoms with van der Waals surface area (Å²) in [5.74, 6) is 1.33. The van der Waals surface area contributed by atoms with Crippen molar-refractivity contribution in [2.75, 3.05) is 37.6 Å². The molecule has 3 aliphatic heterocycles.